The summed E-state index contributed by atoms with van der Waals surface area (Å²) in [5, 5.41) is 0. The summed E-state index contributed by atoms with van der Waals surface area (Å²) in [6.45, 7) is 0. The molecule has 0 atom stereocenters. The molecular weight excluding hydrogens is 249 g/mol. The van der Waals surface area contributed by atoms with Gasteiger partial charge in [-0.25, -0.2) is 9.37 Å². The van der Waals surface area contributed by atoms with E-state index in [9.17, 15) is 4.39 Å². The second-order valence-electron chi connectivity index (χ2n) is 2.72. The van der Waals surface area contributed by atoms with Gasteiger partial charge in [0.15, 0.2) is 11.6 Å². The molecule has 1 heterocycles. The van der Waals surface area contributed by atoms with Crippen LogP contribution in [-0.2, 0) is 3.79 Å². The molecule has 0 spiro atoms. The van der Waals surface area contributed by atoms with Crippen molar-refractivity contribution in [3.8, 4) is 0 Å². The second kappa shape index (κ2) is 3.26. The summed E-state index contributed by atoms with van der Waals surface area (Å²) in [6, 6.07) is 4.51. The van der Waals surface area contributed by atoms with Crippen LogP contribution in [-0.4, -0.2) is 9.97 Å². The average Bonchev–Trinajstić information content (AvgIpc) is 2.48. The first-order valence-corrected chi connectivity index (χ1v) is 4.83. The van der Waals surface area contributed by atoms with Gasteiger partial charge in [-0.1, -0.05) is 40.9 Å². The molecule has 0 radical (unpaired) electrons. The molecule has 2 aromatic rings. The van der Waals surface area contributed by atoms with Crippen LogP contribution in [0.1, 0.15) is 5.82 Å². The van der Waals surface area contributed by atoms with Crippen molar-refractivity contribution in [1.29, 1.82) is 0 Å². The summed E-state index contributed by atoms with van der Waals surface area (Å²) in [7, 11) is 0. The van der Waals surface area contributed by atoms with Gasteiger partial charge in [0, 0.05) is 0 Å². The van der Waals surface area contributed by atoms with Crippen LogP contribution >= 0.6 is 34.8 Å². The van der Waals surface area contributed by atoms with Crippen molar-refractivity contribution in [3.05, 3.63) is 29.8 Å². The fourth-order valence-electron chi connectivity index (χ4n) is 1.13. The number of nitrogens with zero attached hydrogens (tertiary/aromatic N) is 1. The van der Waals surface area contributed by atoms with E-state index in [1.165, 1.54) is 6.07 Å². The SMILES string of the molecule is Fc1cccc2[nH]c(C(Cl)(Cl)Cl)nc12. The average molecular weight is 253 g/mol. The topological polar surface area (TPSA) is 28.7 Å². The molecule has 1 aromatic heterocycles. The number of para-hydroxylation sites is 1. The van der Waals surface area contributed by atoms with Crippen molar-refractivity contribution in [2.75, 3.05) is 0 Å². The number of rotatable bonds is 0. The minimum absolute atomic E-state index is 0.114. The molecule has 0 saturated carbocycles. The van der Waals surface area contributed by atoms with Gasteiger partial charge in [-0.3, -0.25) is 0 Å². The van der Waals surface area contributed by atoms with Gasteiger partial charge < -0.3 is 4.98 Å². The molecule has 0 aliphatic heterocycles. The number of imidazole rings is 1. The lowest BCUT2D eigenvalue weighted by Crippen LogP contribution is -2.02. The molecule has 0 bridgehead atoms. The minimum atomic E-state index is -1.66. The smallest absolute Gasteiger partial charge is 0.248 e. The van der Waals surface area contributed by atoms with Gasteiger partial charge in [0.25, 0.3) is 0 Å². The Morgan fingerprint density at radius 3 is 2.57 bits per heavy atom. The number of hydrogen-bond donors (Lipinski definition) is 1. The zero-order chi connectivity index (χ0) is 10.3. The molecule has 6 heteroatoms. The normalized spacial score (nSPS) is 12.3. The highest BCUT2D eigenvalue weighted by atomic mass is 35.6. The van der Waals surface area contributed by atoms with Crippen LogP contribution in [0.4, 0.5) is 4.39 Å². The molecule has 0 amide bonds. The van der Waals surface area contributed by atoms with E-state index in [0.29, 0.717) is 5.52 Å². The van der Waals surface area contributed by atoms with Gasteiger partial charge in [-0.05, 0) is 12.1 Å². The van der Waals surface area contributed by atoms with Crippen LogP contribution in [0.2, 0.25) is 0 Å². The van der Waals surface area contributed by atoms with Gasteiger partial charge in [-0.2, -0.15) is 0 Å². The maximum atomic E-state index is 13.2. The molecule has 0 aliphatic carbocycles. The van der Waals surface area contributed by atoms with Crippen molar-refractivity contribution >= 4 is 45.8 Å². The zero-order valence-corrected chi connectivity index (χ0v) is 8.96. The molecule has 0 unspecified atom stereocenters. The number of H-pyrrole nitrogens is 1. The van der Waals surface area contributed by atoms with Crippen molar-refractivity contribution in [1.82, 2.24) is 9.97 Å². The summed E-state index contributed by atoms with van der Waals surface area (Å²) in [6.07, 6.45) is 0. The van der Waals surface area contributed by atoms with Crippen molar-refractivity contribution in [2.45, 2.75) is 3.79 Å². The summed E-state index contributed by atoms with van der Waals surface area (Å²) in [4.78, 5) is 6.59. The number of hydrogen-bond acceptors (Lipinski definition) is 1. The van der Waals surface area contributed by atoms with Crippen LogP contribution in [0.3, 0.4) is 0 Å². The van der Waals surface area contributed by atoms with Gasteiger partial charge in [0.2, 0.25) is 3.79 Å². The van der Waals surface area contributed by atoms with Crippen LogP contribution in [0.5, 0.6) is 0 Å². The molecule has 2 rings (SSSR count). The van der Waals surface area contributed by atoms with Gasteiger partial charge in [-0.15, -0.1) is 0 Å². The Kier molecular flexibility index (Phi) is 2.33. The van der Waals surface area contributed by atoms with E-state index in [0.717, 1.165) is 0 Å². The first-order chi connectivity index (χ1) is 6.48. The monoisotopic (exact) mass is 252 g/mol. The molecule has 74 valence electrons. The van der Waals surface area contributed by atoms with Crippen molar-refractivity contribution < 1.29 is 4.39 Å². The number of aromatic amines is 1. The Morgan fingerprint density at radius 2 is 2.00 bits per heavy atom. The highest BCUT2D eigenvalue weighted by Gasteiger charge is 2.27. The molecule has 14 heavy (non-hydrogen) atoms. The van der Waals surface area contributed by atoms with Crippen LogP contribution in [0.25, 0.3) is 11.0 Å². The van der Waals surface area contributed by atoms with Crippen molar-refractivity contribution in [3.63, 3.8) is 0 Å². The van der Waals surface area contributed by atoms with E-state index in [1.807, 2.05) is 0 Å². The molecule has 1 aromatic carbocycles. The fraction of sp³-hybridized carbons (Fsp3) is 0.125. The van der Waals surface area contributed by atoms with E-state index < -0.39 is 9.61 Å². The maximum absolute atomic E-state index is 13.2. The number of aromatic nitrogens is 2. The number of alkyl halides is 3. The van der Waals surface area contributed by atoms with Gasteiger partial charge in [0.05, 0.1) is 5.52 Å². The Hall–Kier alpha value is -0.510. The lowest BCUT2D eigenvalue weighted by atomic mass is 10.3. The fourth-order valence-corrected chi connectivity index (χ4v) is 1.40. The van der Waals surface area contributed by atoms with Crippen LogP contribution in [0, 0.1) is 5.82 Å². The quantitative estimate of drug-likeness (QED) is 0.715. The molecule has 2 nitrogen and oxygen atoms in total. The zero-order valence-electron chi connectivity index (χ0n) is 6.69. The van der Waals surface area contributed by atoms with E-state index in [2.05, 4.69) is 9.97 Å². The largest absolute Gasteiger partial charge is 0.338 e. The number of benzene rings is 1. The standard InChI is InChI=1S/C8H4Cl3FN2/c9-8(10,11)7-13-5-3-1-2-4(12)6(5)14-7/h1-3H,(H,13,14). The number of halogens is 4. The summed E-state index contributed by atoms with van der Waals surface area (Å²) >= 11 is 16.8. The molecule has 0 saturated heterocycles. The first kappa shape index (κ1) is 10.0. The molecular formula is C8H4Cl3FN2. The van der Waals surface area contributed by atoms with E-state index in [1.54, 1.807) is 12.1 Å². The van der Waals surface area contributed by atoms with Crippen LogP contribution < -0.4 is 0 Å². The first-order valence-electron chi connectivity index (χ1n) is 3.70. The van der Waals surface area contributed by atoms with Gasteiger partial charge in [0.1, 0.15) is 5.52 Å². The minimum Gasteiger partial charge on any atom is -0.338 e. The maximum Gasteiger partial charge on any atom is 0.248 e. The molecule has 0 aliphatic rings. The molecule has 1 N–H and O–H groups in total. The predicted molar refractivity (Wildman–Crippen MR) is 55.3 cm³/mol. The number of nitrogens with one attached hydrogen (secondary N) is 1. The highest BCUT2D eigenvalue weighted by molar-refractivity contribution is 6.66. The lowest BCUT2D eigenvalue weighted by Gasteiger charge is -2.04. The third-order valence-corrected chi connectivity index (χ3v) is 2.27. The van der Waals surface area contributed by atoms with E-state index >= 15 is 0 Å². The Morgan fingerprint density at radius 1 is 1.29 bits per heavy atom. The summed E-state index contributed by atoms with van der Waals surface area (Å²) in [5.41, 5.74) is 0.681. The highest BCUT2D eigenvalue weighted by Crippen LogP contribution is 2.37. The number of fused-ring (bicyclic) bond motifs is 1. The van der Waals surface area contributed by atoms with Crippen LogP contribution in [0.15, 0.2) is 18.2 Å². The predicted octanol–water partition coefficient (Wildman–Crippen LogP) is 3.53. The second-order valence-corrected chi connectivity index (χ2v) is 5.00. The Labute approximate surface area is 94.0 Å². The van der Waals surface area contributed by atoms with E-state index in [-0.39, 0.29) is 11.3 Å². The third-order valence-electron chi connectivity index (χ3n) is 1.73. The Balaban J connectivity index is 2.69. The lowest BCUT2D eigenvalue weighted by molar-refractivity contribution is 0.637. The Bertz CT molecular complexity index is 475. The summed E-state index contributed by atoms with van der Waals surface area (Å²) in [5.74, 6) is -0.332. The summed E-state index contributed by atoms with van der Waals surface area (Å²) < 4.78 is 11.5. The van der Waals surface area contributed by atoms with E-state index in [4.69, 9.17) is 34.8 Å². The molecule has 0 fully saturated rings. The van der Waals surface area contributed by atoms with Gasteiger partial charge >= 0.3 is 0 Å². The van der Waals surface area contributed by atoms with Crippen molar-refractivity contribution in [2.24, 2.45) is 0 Å². The third kappa shape index (κ3) is 1.67.